The number of imidazole rings is 1. The molecule has 1 aliphatic carbocycles. The van der Waals surface area contributed by atoms with Crippen LogP contribution in [0.1, 0.15) is 56.2 Å². The second-order valence-corrected chi connectivity index (χ2v) is 8.90. The highest BCUT2D eigenvalue weighted by Crippen LogP contribution is 2.34. The summed E-state index contributed by atoms with van der Waals surface area (Å²) in [6.07, 6.45) is 13.9. The summed E-state index contributed by atoms with van der Waals surface area (Å²) in [7, 11) is 0. The van der Waals surface area contributed by atoms with Gasteiger partial charge in [-0.2, -0.15) is 5.21 Å². The van der Waals surface area contributed by atoms with Crippen molar-refractivity contribution >= 4 is 0 Å². The Labute approximate surface area is 192 Å². The zero-order valence-corrected chi connectivity index (χ0v) is 18.7. The largest absolute Gasteiger partial charge is 0.326 e. The Morgan fingerprint density at radius 3 is 2.61 bits per heavy atom. The molecule has 8 heteroatoms. The van der Waals surface area contributed by atoms with E-state index in [0.29, 0.717) is 12.4 Å². The Balaban J connectivity index is 1.23. The smallest absolute Gasteiger partial charge is 0.312 e. The van der Waals surface area contributed by atoms with Crippen molar-refractivity contribution in [2.24, 2.45) is 5.92 Å². The summed E-state index contributed by atoms with van der Waals surface area (Å²) in [6, 6.07) is 11.9. The molecule has 8 nitrogen and oxygen atoms in total. The number of hydrogen-bond acceptors (Lipinski definition) is 5. The van der Waals surface area contributed by atoms with E-state index in [-0.39, 0.29) is 5.69 Å². The maximum absolute atomic E-state index is 12.4. The Bertz CT molecular complexity index is 1220. The third-order valence-corrected chi connectivity index (χ3v) is 6.40. The number of H-pyrrole nitrogens is 2. The molecule has 2 N–H and O–H groups in total. The van der Waals surface area contributed by atoms with Crippen molar-refractivity contribution in [1.82, 2.24) is 35.2 Å². The van der Waals surface area contributed by atoms with Crippen LogP contribution in [-0.4, -0.2) is 35.2 Å². The number of nitrogens with one attached hydrogen (secondary N) is 2. The first-order valence-electron chi connectivity index (χ1n) is 11.8. The Morgan fingerprint density at radius 2 is 1.85 bits per heavy atom. The molecule has 0 amide bonds. The summed E-state index contributed by atoms with van der Waals surface area (Å²) in [6.45, 7) is 0.513. The van der Waals surface area contributed by atoms with Crippen molar-refractivity contribution in [3.63, 3.8) is 0 Å². The maximum atomic E-state index is 12.4. The van der Waals surface area contributed by atoms with Crippen LogP contribution in [-0.2, 0) is 13.0 Å². The molecule has 33 heavy (non-hydrogen) atoms. The van der Waals surface area contributed by atoms with E-state index < -0.39 is 0 Å². The fourth-order valence-electron chi connectivity index (χ4n) is 4.35. The first-order valence-corrected chi connectivity index (χ1v) is 11.8. The summed E-state index contributed by atoms with van der Waals surface area (Å²) in [5, 5.41) is 14.3. The van der Waals surface area contributed by atoms with Crippen LogP contribution in [0.5, 0.6) is 0 Å². The third kappa shape index (κ3) is 5.27. The topological polar surface area (TPSA) is 105 Å². The second-order valence-electron chi connectivity index (χ2n) is 8.90. The number of aromatic amines is 2. The van der Waals surface area contributed by atoms with E-state index in [9.17, 15) is 4.79 Å². The van der Waals surface area contributed by atoms with E-state index in [1.54, 1.807) is 0 Å². The summed E-state index contributed by atoms with van der Waals surface area (Å²) in [4.78, 5) is 19.9. The number of benzene rings is 1. The van der Waals surface area contributed by atoms with Crippen LogP contribution >= 0.6 is 0 Å². The second kappa shape index (κ2) is 9.94. The van der Waals surface area contributed by atoms with E-state index in [0.717, 1.165) is 46.8 Å². The van der Waals surface area contributed by atoms with Gasteiger partial charge in [0, 0.05) is 29.2 Å². The first-order chi connectivity index (χ1) is 16.3. The standard InChI is InChI=1S/C25H29N7O/c33-25-27-16-20(8-4-2-1-3-7-18-11-12-18)32(25)17-19-13-14-23(26-15-19)21-9-5-6-10-22(21)24-28-30-31-29-24/h5-6,9-10,13-16,18H,1-4,7-8,11-12,17H2,(H,27,33)(H,28,29,30,31). The molecule has 1 saturated carbocycles. The number of aromatic nitrogens is 7. The van der Waals surface area contributed by atoms with Crippen LogP contribution in [0.4, 0.5) is 0 Å². The van der Waals surface area contributed by atoms with Gasteiger partial charge in [-0.3, -0.25) is 9.55 Å². The highest BCUT2D eigenvalue weighted by Gasteiger charge is 2.19. The molecule has 3 heterocycles. The van der Waals surface area contributed by atoms with Gasteiger partial charge in [0.25, 0.3) is 0 Å². The molecule has 3 aromatic heterocycles. The SMILES string of the molecule is O=c1[nH]cc(CCCCCCC2CC2)n1Cc1ccc(-c2ccccc2-c2nn[nH]n2)nc1. The quantitative estimate of drug-likeness (QED) is 0.335. The summed E-state index contributed by atoms with van der Waals surface area (Å²) >= 11 is 0. The molecule has 4 aromatic rings. The number of hydrogen-bond donors (Lipinski definition) is 2. The number of tetrazole rings is 1. The predicted octanol–water partition coefficient (Wildman–Crippen LogP) is 4.37. The fraction of sp³-hybridized carbons (Fsp3) is 0.400. The summed E-state index contributed by atoms with van der Waals surface area (Å²) in [5.41, 5.74) is 4.62. The highest BCUT2D eigenvalue weighted by molar-refractivity contribution is 5.78. The molecule has 1 aliphatic rings. The molecular weight excluding hydrogens is 414 g/mol. The molecule has 1 fully saturated rings. The average molecular weight is 444 g/mol. The molecule has 1 aromatic carbocycles. The van der Waals surface area contributed by atoms with E-state index in [4.69, 9.17) is 0 Å². The van der Waals surface area contributed by atoms with Crippen LogP contribution in [0.2, 0.25) is 0 Å². The van der Waals surface area contributed by atoms with Crippen molar-refractivity contribution in [3.05, 3.63) is 70.5 Å². The van der Waals surface area contributed by atoms with Crippen LogP contribution < -0.4 is 5.69 Å². The molecule has 0 saturated heterocycles. The Kier molecular flexibility index (Phi) is 6.41. The van der Waals surface area contributed by atoms with Crippen molar-refractivity contribution in [1.29, 1.82) is 0 Å². The van der Waals surface area contributed by atoms with Gasteiger partial charge < -0.3 is 4.98 Å². The zero-order chi connectivity index (χ0) is 22.5. The van der Waals surface area contributed by atoms with Gasteiger partial charge in [0.05, 0.1) is 12.2 Å². The van der Waals surface area contributed by atoms with Gasteiger partial charge in [0.2, 0.25) is 5.82 Å². The molecule has 0 aliphatic heterocycles. The summed E-state index contributed by atoms with van der Waals surface area (Å²) < 4.78 is 1.83. The molecule has 0 spiro atoms. The van der Waals surface area contributed by atoms with Crippen LogP contribution in [0.3, 0.4) is 0 Å². The monoisotopic (exact) mass is 443 g/mol. The van der Waals surface area contributed by atoms with E-state index in [1.807, 2.05) is 53.4 Å². The lowest BCUT2D eigenvalue weighted by Crippen LogP contribution is -2.19. The number of aryl methyl sites for hydroxylation is 1. The normalized spacial score (nSPS) is 13.5. The van der Waals surface area contributed by atoms with E-state index in [2.05, 4.69) is 30.6 Å². The summed E-state index contributed by atoms with van der Waals surface area (Å²) in [5.74, 6) is 1.56. The van der Waals surface area contributed by atoms with Gasteiger partial charge in [0.1, 0.15) is 0 Å². The molecule has 0 radical (unpaired) electrons. The molecule has 0 atom stereocenters. The fourth-order valence-corrected chi connectivity index (χ4v) is 4.35. The number of nitrogens with zero attached hydrogens (tertiary/aromatic N) is 5. The zero-order valence-electron chi connectivity index (χ0n) is 18.7. The minimum atomic E-state index is -0.0646. The lowest BCUT2D eigenvalue weighted by atomic mass is 10.0. The van der Waals surface area contributed by atoms with Crippen LogP contribution in [0.25, 0.3) is 22.6 Å². The van der Waals surface area contributed by atoms with Crippen molar-refractivity contribution in [3.8, 4) is 22.6 Å². The van der Waals surface area contributed by atoms with Gasteiger partial charge >= 0.3 is 5.69 Å². The van der Waals surface area contributed by atoms with Gasteiger partial charge in [-0.15, -0.1) is 10.2 Å². The molecule has 0 unspecified atom stereocenters. The lowest BCUT2D eigenvalue weighted by Gasteiger charge is -2.09. The number of rotatable bonds is 11. The van der Waals surface area contributed by atoms with Crippen LogP contribution in [0, 0.1) is 5.92 Å². The molecule has 5 rings (SSSR count). The van der Waals surface area contributed by atoms with Gasteiger partial charge in [-0.05, 0) is 35.6 Å². The maximum Gasteiger partial charge on any atom is 0.326 e. The van der Waals surface area contributed by atoms with Crippen molar-refractivity contribution in [2.45, 2.75) is 57.9 Å². The minimum Gasteiger partial charge on any atom is -0.312 e. The number of pyridine rings is 1. The number of unbranched alkanes of at least 4 members (excludes halogenated alkanes) is 3. The Morgan fingerprint density at radius 1 is 1.00 bits per heavy atom. The third-order valence-electron chi connectivity index (χ3n) is 6.40. The molecule has 170 valence electrons. The predicted molar refractivity (Wildman–Crippen MR) is 127 cm³/mol. The van der Waals surface area contributed by atoms with Crippen molar-refractivity contribution < 1.29 is 0 Å². The van der Waals surface area contributed by atoms with Crippen LogP contribution in [0.15, 0.2) is 53.6 Å². The van der Waals surface area contributed by atoms with E-state index >= 15 is 0 Å². The highest BCUT2D eigenvalue weighted by atomic mass is 16.1. The molecule has 0 bridgehead atoms. The Hall–Kier alpha value is -3.55. The minimum absolute atomic E-state index is 0.0646. The van der Waals surface area contributed by atoms with Gasteiger partial charge in [-0.25, -0.2) is 4.79 Å². The van der Waals surface area contributed by atoms with Crippen molar-refractivity contribution in [2.75, 3.05) is 0 Å². The molecular formula is C25H29N7O. The first kappa shape index (κ1) is 21.3. The lowest BCUT2D eigenvalue weighted by molar-refractivity contribution is 0.575. The average Bonchev–Trinajstić information content (AvgIpc) is 3.38. The van der Waals surface area contributed by atoms with Gasteiger partial charge in [-0.1, -0.05) is 68.9 Å². The van der Waals surface area contributed by atoms with E-state index in [1.165, 1.54) is 38.5 Å². The van der Waals surface area contributed by atoms with Gasteiger partial charge in [0.15, 0.2) is 0 Å².